The van der Waals surface area contributed by atoms with Crippen molar-refractivity contribution in [1.82, 2.24) is 5.32 Å². The normalized spacial score (nSPS) is 17.5. The Balaban J connectivity index is 1.96. The standard InChI is InChI=1S/C8H16N2O/c9-5-4-8(11)10-6-7-2-1-3-7/h7H,1-6,9H2,(H,10,11). The summed E-state index contributed by atoms with van der Waals surface area (Å²) in [6.07, 6.45) is 4.36. The molecule has 11 heavy (non-hydrogen) atoms. The number of nitrogens with two attached hydrogens (primary N) is 1. The fraction of sp³-hybridized carbons (Fsp3) is 0.875. The molecule has 0 bridgehead atoms. The highest BCUT2D eigenvalue weighted by Crippen LogP contribution is 2.24. The van der Waals surface area contributed by atoms with E-state index < -0.39 is 0 Å². The van der Waals surface area contributed by atoms with Crippen molar-refractivity contribution in [1.29, 1.82) is 0 Å². The molecule has 0 aromatic heterocycles. The van der Waals surface area contributed by atoms with Gasteiger partial charge in [-0.1, -0.05) is 6.42 Å². The van der Waals surface area contributed by atoms with Crippen LogP contribution in [0.4, 0.5) is 0 Å². The largest absolute Gasteiger partial charge is 0.356 e. The van der Waals surface area contributed by atoms with E-state index in [9.17, 15) is 4.79 Å². The van der Waals surface area contributed by atoms with Crippen molar-refractivity contribution >= 4 is 5.91 Å². The second-order valence-electron chi connectivity index (χ2n) is 3.14. The number of hydrogen-bond donors (Lipinski definition) is 2. The minimum atomic E-state index is 0.0967. The van der Waals surface area contributed by atoms with Crippen LogP contribution in [0, 0.1) is 5.92 Å². The smallest absolute Gasteiger partial charge is 0.221 e. The topological polar surface area (TPSA) is 55.1 Å². The number of nitrogens with one attached hydrogen (secondary N) is 1. The first-order valence-electron chi connectivity index (χ1n) is 4.29. The molecule has 0 saturated heterocycles. The first-order chi connectivity index (χ1) is 5.33. The Hall–Kier alpha value is -0.570. The van der Waals surface area contributed by atoms with Crippen LogP contribution in [0.3, 0.4) is 0 Å². The average molecular weight is 156 g/mol. The zero-order valence-corrected chi connectivity index (χ0v) is 6.81. The molecule has 64 valence electrons. The van der Waals surface area contributed by atoms with Crippen LogP contribution in [0.1, 0.15) is 25.7 Å². The zero-order chi connectivity index (χ0) is 8.10. The minimum absolute atomic E-state index is 0.0967. The fourth-order valence-corrected chi connectivity index (χ4v) is 1.17. The molecule has 3 heteroatoms. The van der Waals surface area contributed by atoms with Crippen LogP contribution >= 0.6 is 0 Å². The van der Waals surface area contributed by atoms with Gasteiger partial charge >= 0.3 is 0 Å². The summed E-state index contributed by atoms with van der Waals surface area (Å²) in [4.78, 5) is 10.9. The predicted octanol–water partition coefficient (Wildman–Crippen LogP) is 0.251. The SMILES string of the molecule is NCCC(=O)NCC1CCC1. The second-order valence-corrected chi connectivity index (χ2v) is 3.14. The molecule has 0 spiro atoms. The molecule has 1 aliphatic carbocycles. The number of hydrogen-bond acceptors (Lipinski definition) is 2. The molecule has 0 aliphatic heterocycles. The molecule has 0 heterocycles. The summed E-state index contributed by atoms with van der Waals surface area (Å²) in [5.41, 5.74) is 5.22. The van der Waals surface area contributed by atoms with Gasteiger partial charge in [0.15, 0.2) is 0 Å². The maximum absolute atomic E-state index is 10.9. The van der Waals surface area contributed by atoms with E-state index >= 15 is 0 Å². The Labute approximate surface area is 67.3 Å². The lowest BCUT2D eigenvalue weighted by atomic mass is 9.85. The van der Waals surface area contributed by atoms with Crippen molar-refractivity contribution in [3.8, 4) is 0 Å². The van der Waals surface area contributed by atoms with Gasteiger partial charge in [0.05, 0.1) is 0 Å². The van der Waals surface area contributed by atoms with Crippen molar-refractivity contribution in [2.24, 2.45) is 11.7 Å². The van der Waals surface area contributed by atoms with Crippen LogP contribution in [0.15, 0.2) is 0 Å². The van der Waals surface area contributed by atoms with E-state index in [1.165, 1.54) is 19.3 Å². The van der Waals surface area contributed by atoms with Crippen LogP contribution in [0.5, 0.6) is 0 Å². The van der Waals surface area contributed by atoms with E-state index in [0.717, 1.165) is 12.5 Å². The highest BCUT2D eigenvalue weighted by molar-refractivity contribution is 5.75. The zero-order valence-electron chi connectivity index (χ0n) is 6.81. The molecule has 1 rings (SSSR count). The molecular weight excluding hydrogens is 140 g/mol. The number of carbonyl (C=O) groups excluding carboxylic acids is 1. The Kier molecular flexibility index (Phi) is 3.36. The fourth-order valence-electron chi connectivity index (χ4n) is 1.17. The van der Waals surface area contributed by atoms with Gasteiger partial charge in [-0.3, -0.25) is 4.79 Å². The van der Waals surface area contributed by atoms with E-state index in [0.29, 0.717) is 13.0 Å². The molecule has 0 aromatic rings. The molecule has 0 aromatic carbocycles. The lowest BCUT2D eigenvalue weighted by Gasteiger charge is -2.25. The molecular formula is C8H16N2O. The lowest BCUT2D eigenvalue weighted by Crippen LogP contribution is -2.33. The average Bonchev–Trinajstić information content (AvgIpc) is 1.85. The molecule has 1 amide bonds. The van der Waals surface area contributed by atoms with Crippen LogP contribution in [0.25, 0.3) is 0 Å². The van der Waals surface area contributed by atoms with Crippen molar-refractivity contribution in [2.75, 3.05) is 13.1 Å². The van der Waals surface area contributed by atoms with Gasteiger partial charge in [0, 0.05) is 19.5 Å². The summed E-state index contributed by atoms with van der Waals surface area (Å²) >= 11 is 0. The number of rotatable bonds is 4. The van der Waals surface area contributed by atoms with Gasteiger partial charge in [-0.2, -0.15) is 0 Å². The summed E-state index contributed by atoms with van der Waals surface area (Å²) in [6.45, 7) is 1.31. The van der Waals surface area contributed by atoms with Crippen molar-refractivity contribution in [2.45, 2.75) is 25.7 Å². The molecule has 0 atom stereocenters. The Morgan fingerprint density at radius 2 is 2.27 bits per heavy atom. The molecule has 1 fully saturated rings. The van der Waals surface area contributed by atoms with E-state index in [1.54, 1.807) is 0 Å². The third-order valence-electron chi connectivity index (χ3n) is 2.18. The Bertz CT molecular complexity index is 132. The minimum Gasteiger partial charge on any atom is -0.356 e. The van der Waals surface area contributed by atoms with E-state index in [-0.39, 0.29) is 5.91 Å². The maximum Gasteiger partial charge on any atom is 0.221 e. The number of amides is 1. The van der Waals surface area contributed by atoms with Crippen LogP contribution in [-0.2, 0) is 4.79 Å². The van der Waals surface area contributed by atoms with Gasteiger partial charge < -0.3 is 11.1 Å². The van der Waals surface area contributed by atoms with Gasteiger partial charge in [-0.05, 0) is 18.8 Å². The summed E-state index contributed by atoms with van der Waals surface area (Å²) in [6, 6.07) is 0. The summed E-state index contributed by atoms with van der Waals surface area (Å²) in [5.74, 6) is 0.844. The van der Waals surface area contributed by atoms with E-state index in [1.807, 2.05) is 0 Å². The molecule has 0 unspecified atom stereocenters. The van der Waals surface area contributed by atoms with Crippen LogP contribution < -0.4 is 11.1 Å². The molecule has 3 nitrogen and oxygen atoms in total. The predicted molar refractivity (Wildman–Crippen MR) is 44.0 cm³/mol. The van der Waals surface area contributed by atoms with Crippen molar-refractivity contribution in [3.05, 3.63) is 0 Å². The third kappa shape index (κ3) is 2.89. The van der Waals surface area contributed by atoms with Crippen LogP contribution in [0.2, 0.25) is 0 Å². The van der Waals surface area contributed by atoms with E-state index in [2.05, 4.69) is 5.32 Å². The summed E-state index contributed by atoms with van der Waals surface area (Å²) < 4.78 is 0. The molecule has 3 N–H and O–H groups in total. The molecule has 1 aliphatic rings. The maximum atomic E-state index is 10.9. The van der Waals surface area contributed by atoms with Crippen molar-refractivity contribution in [3.63, 3.8) is 0 Å². The molecule has 0 radical (unpaired) electrons. The lowest BCUT2D eigenvalue weighted by molar-refractivity contribution is -0.121. The highest BCUT2D eigenvalue weighted by atomic mass is 16.1. The van der Waals surface area contributed by atoms with Gasteiger partial charge in [0.25, 0.3) is 0 Å². The Morgan fingerprint density at radius 3 is 2.73 bits per heavy atom. The summed E-state index contributed by atoms with van der Waals surface area (Å²) in [5, 5.41) is 2.87. The first-order valence-corrected chi connectivity index (χ1v) is 4.29. The monoisotopic (exact) mass is 156 g/mol. The Morgan fingerprint density at radius 1 is 1.55 bits per heavy atom. The van der Waals surface area contributed by atoms with Crippen molar-refractivity contribution < 1.29 is 4.79 Å². The first kappa shape index (κ1) is 8.53. The highest BCUT2D eigenvalue weighted by Gasteiger charge is 2.17. The molecule has 1 saturated carbocycles. The summed E-state index contributed by atoms with van der Waals surface area (Å²) in [7, 11) is 0. The van der Waals surface area contributed by atoms with Crippen LogP contribution in [-0.4, -0.2) is 19.0 Å². The third-order valence-corrected chi connectivity index (χ3v) is 2.18. The van der Waals surface area contributed by atoms with E-state index in [4.69, 9.17) is 5.73 Å². The number of carbonyl (C=O) groups is 1. The van der Waals surface area contributed by atoms with Gasteiger partial charge in [-0.15, -0.1) is 0 Å². The van der Waals surface area contributed by atoms with Gasteiger partial charge in [-0.25, -0.2) is 0 Å². The quantitative estimate of drug-likeness (QED) is 0.613. The van der Waals surface area contributed by atoms with Gasteiger partial charge in [0.1, 0.15) is 0 Å². The second kappa shape index (κ2) is 4.34. The van der Waals surface area contributed by atoms with Gasteiger partial charge in [0.2, 0.25) is 5.91 Å².